The van der Waals surface area contributed by atoms with Crippen molar-refractivity contribution in [3.63, 3.8) is 0 Å². The zero-order valence-corrected chi connectivity index (χ0v) is 11.4. The van der Waals surface area contributed by atoms with Crippen molar-refractivity contribution in [1.29, 1.82) is 0 Å². The molecule has 0 spiro atoms. The van der Waals surface area contributed by atoms with Crippen molar-refractivity contribution in [2.45, 2.75) is 24.3 Å². The van der Waals surface area contributed by atoms with Gasteiger partial charge >= 0.3 is 0 Å². The molecule has 0 saturated carbocycles. The van der Waals surface area contributed by atoms with Crippen LogP contribution in [0.3, 0.4) is 0 Å². The van der Waals surface area contributed by atoms with Crippen molar-refractivity contribution in [3.05, 3.63) is 29.3 Å². The minimum atomic E-state index is -1.13. The largest absolute Gasteiger partial charge is 0.396 e. The molecular formula is C12H18ClNO2S. The molecule has 0 aliphatic carbocycles. The Hall–Kier alpha value is -0.420. The summed E-state index contributed by atoms with van der Waals surface area (Å²) in [4.78, 5) is 0.662. The molecule has 0 aliphatic heterocycles. The van der Waals surface area contributed by atoms with Crippen LogP contribution in [0.2, 0.25) is 5.02 Å². The molecule has 17 heavy (non-hydrogen) atoms. The lowest BCUT2D eigenvalue weighted by Crippen LogP contribution is -2.34. The Labute approximate surface area is 110 Å². The highest BCUT2D eigenvalue weighted by Gasteiger charge is 2.14. The molecule has 2 atom stereocenters. The molecule has 5 heteroatoms. The summed E-state index contributed by atoms with van der Waals surface area (Å²) in [7, 11) is -1.13. The first-order valence-corrected chi connectivity index (χ1v) is 7.35. The summed E-state index contributed by atoms with van der Waals surface area (Å²) in [6.07, 6.45) is 0.601. The minimum absolute atomic E-state index is 0.0575. The van der Waals surface area contributed by atoms with Crippen molar-refractivity contribution in [2.75, 3.05) is 18.9 Å². The average Bonchev–Trinajstić information content (AvgIpc) is 2.30. The molecule has 2 N–H and O–H groups in total. The fourth-order valence-electron chi connectivity index (χ4n) is 1.59. The predicted molar refractivity (Wildman–Crippen MR) is 71.9 cm³/mol. The van der Waals surface area contributed by atoms with Gasteiger partial charge in [0.25, 0.3) is 0 Å². The van der Waals surface area contributed by atoms with E-state index in [0.29, 0.717) is 22.1 Å². The van der Waals surface area contributed by atoms with E-state index in [1.807, 2.05) is 19.1 Å². The van der Waals surface area contributed by atoms with Gasteiger partial charge in [-0.25, -0.2) is 0 Å². The molecule has 0 radical (unpaired) electrons. The van der Waals surface area contributed by atoms with Gasteiger partial charge in [0.2, 0.25) is 0 Å². The van der Waals surface area contributed by atoms with Gasteiger partial charge in [0, 0.05) is 18.4 Å². The molecule has 1 aromatic rings. The summed E-state index contributed by atoms with van der Waals surface area (Å²) in [5, 5.41) is 12.7. The maximum Gasteiger partial charge on any atom is 0.0574 e. The third-order valence-corrected chi connectivity index (χ3v) is 4.40. The molecule has 0 aromatic heterocycles. The maximum atomic E-state index is 12.1. The molecule has 0 saturated heterocycles. The molecule has 1 rings (SSSR count). The van der Waals surface area contributed by atoms with Gasteiger partial charge in [-0.15, -0.1) is 0 Å². The summed E-state index contributed by atoms with van der Waals surface area (Å²) in [6.45, 7) is 2.88. The summed E-state index contributed by atoms with van der Waals surface area (Å²) in [5.74, 6) is 0.470. The van der Waals surface area contributed by atoms with E-state index in [9.17, 15) is 4.21 Å². The van der Waals surface area contributed by atoms with Gasteiger partial charge in [-0.3, -0.25) is 4.21 Å². The lowest BCUT2D eigenvalue weighted by molar-refractivity contribution is 0.270. The van der Waals surface area contributed by atoms with Crippen LogP contribution in [0, 0.1) is 0 Å². The average molecular weight is 276 g/mol. The number of aliphatic hydroxyl groups excluding tert-OH is 1. The first-order chi connectivity index (χ1) is 8.19. The van der Waals surface area contributed by atoms with Crippen LogP contribution in [0.25, 0.3) is 0 Å². The quantitative estimate of drug-likeness (QED) is 0.798. The summed E-state index contributed by atoms with van der Waals surface area (Å²) in [5.41, 5.74) is 0. The monoisotopic (exact) mass is 275 g/mol. The van der Waals surface area contributed by atoms with Crippen LogP contribution in [-0.2, 0) is 10.8 Å². The Morgan fingerprint density at radius 2 is 2.18 bits per heavy atom. The highest BCUT2D eigenvalue weighted by atomic mass is 35.5. The Morgan fingerprint density at radius 1 is 1.47 bits per heavy atom. The number of hydrogen-bond donors (Lipinski definition) is 2. The SMILES string of the molecule is CCNC(CCO)CS(=O)c1ccccc1Cl. The lowest BCUT2D eigenvalue weighted by Gasteiger charge is -2.16. The van der Waals surface area contributed by atoms with E-state index in [2.05, 4.69) is 5.32 Å². The summed E-state index contributed by atoms with van der Waals surface area (Å²) in [6, 6.07) is 7.22. The van der Waals surface area contributed by atoms with Crippen molar-refractivity contribution in [2.24, 2.45) is 0 Å². The van der Waals surface area contributed by atoms with Crippen molar-refractivity contribution in [3.8, 4) is 0 Å². The number of rotatable bonds is 7. The molecular weight excluding hydrogens is 258 g/mol. The third kappa shape index (κ3) is 4.76. The minimum Gasteiger partial charge on any atom is -0.396 e. The standard InChI is InChI=1S/C12H18ClNO2S/c1-2-14-10(7-8-15)9-17(16)12-6-4-3-5-11(12)13/h3-6,10,14-15H,2,7-9H2,1H3. The maximum absolute atomic E-state index is 12.1. The van der Waals surface area contributed by atoms with Gasteiger partial charge < -0.3 is 10.4 Å². The highest BCUT2D eigenvalue weighted by molar-refractivity contribution is 7.85. The lowest BCUT2D eigenvalue weighted by atomic mass is 10.2. The van der Waals surface area contributed by atoms with E-state index < -0.39 is 10.8 Å². The van der Waals surface area contributed by atoms with Gasteiger partial charge in [-0.05, 0) is 25.1 Å². The fourth-order valence-corrected chi connectivity index (χ4v) is 3.33. The number of benzene rings is 1. The molecule has 96 valence electrons. The van der Waals surface area contributed by atoms with Crippen molar-refractivity contribution < 1.29 is 9.32 Å². The van der Waals surface area contributed by atoms with Gasteiger partial charge in [-0.2, -0.15) is 0 Å². The second-order valence-corrected chi connectivity index (χ2v) is 5.58. The van der Waals surface area contributed by atoms with Crippen LogP contribution in [0.1, 0.15) is 13.3 Å². The summed E-state index contributed by atoms with van der Waals surface area (Å²) < 4.78 is 12.1. The van der Waals surface area contributed by atoms with E-state index in [1.54, 1.807) is 12.1 Å². The van der Waals surface area contributed by atoms with E-state index in [-0.39, 0.29) is 12.6 Å². The van der Waals surface area contributed by atoms with Gasteiger partial charge in [0.15, 0.2) is 0 Å². The second kappa shape index (κ2) is 7.82. The third-order valence-electron chi connectivity index (χ3n) is 2.40. The molecule has 1 aromatic carbocycles. The molecule has 2 unspecified atom stereocenters. The first-order valence-electron chi connectivity index (χ1n) is 5.66. The van der Waals surface area contributed by atoms with Gasteiger partial charge in [0.05, 0.1) is 20.7 Å². The van der Waals surface area contributed by atoms with Crippen LogP contribution in [0.15, 0.2) is 29.2 Å². The Bertz CT molecular complexity index is 367. The van der Waals surface area contributed by atoms with Crippen LogP contribution in [0.5, 0.6) is 0 Å². The molecule has 0 amide bonds. The molecule has 3 nitrogen and oxygen atoms in total. The zero-order chi connectivity index (χ0) is 12.7. The molecule has 0 aliphatic rings. The number of nitrogens with one attached hydrogen (secondary N) is 1. The van der Waals surface area contributed by atoms with E-state index in [1.165, 1.54) is 0 Å². The fraction of sp³-hybridized carbons (Fsp3) is 0.500. The normalized spacial score (nSPS) is 14.5. The van der Waals surface area contributed by atoms with Crippen LogP contribution >= 0.6 is 11.6 Å². The Balaban J connectivity index is 2.67. The van der Waals surface area contributed by atoms with Crippen LogP contribution in [-0.4, -0.2) is 34.3 Å². The second-order valence-electron chi connectivity index (χ2n) is 3.71. The van der Waals surface area contributed by atoms with Gasteiger partial charge in [-0.1, -0.05) is 30.7 Å². The van der Waals surface area contributed by atoms with E-state index in [0.717, 1.165) is 6.54 Å². The van der Waals surface area contributed by atoms with Gasteiger partial charge in [0.1, 0.15) is 0 Å². The molecule has 0 heterocycles. The topological polar surface area (TPSA) is 49.3 Å². The number of aliphatic hydroxyl groups is 1. The van der Waals surface area contributed by atoms with Crippen molar-refractivity contribution in [1.82, 2.24) is 5.32 Å². The number of hydrogen-bond acceptors (Lipinski definition) is 3. The van der Waals surface area contributed by atoms with Crippen molar-refractivity contribution >= 4 is 22.4 Å². The van der Waals surface area contributed by atoms with Crippen LogP contribution in [0.4, 0.5) is 0 Å². The summed E-state index contributed by atoms with van der Waals surface area (Å²) >= 11 is 5.99. The number of halogens is 1. The Kier molecular flexibility index (Phi) is 6.73. The molecule has 0 bridgehead atoms. The smallest absolute Gasteiger partial charge is 0.0574 e. The zero-order valence-electron chi connectivity index (χ0n) is 9.86. The Morgan fingerprint density at radius 3 is 2.76 bits per heavy atom. The van der Waals surface area contributed by atoms with Crippen LogP contribution < -0.4 is 5.32 Å². The van der Waals surface area contributed by atoms with E-state index in [4.69, 9.17) is 16.7 Å². The first kappa shape index (κ1) is 14.6. The predicted octanol–water partition coefficient (Wildman–Crippen LogP) is 1.81. The van der Waals surface area contributed by atoms with E-state index >= 15 is 0 Å². The highest BCUT2D eigenvalue weighted by Crippen LogP contribution is 2.19. The molecule has 0 fully saturated rings.